The van der Waals surface area contributed by atoms with Crippen molar-refractivity contribution in [2.24, 2.45) is 0 Å². The summed E-state index contributed by atoms with van der Waals surface area (Å²) in [6, 6.07) is -0.644. The lowest BCUT2D eigenvalue weighted by atomic mass is 10.0. The lowest BCUT2D eigenvalue weighted by Gasteiger charge is -2.20. The van der Waals surface area contributed by atoms with Gasteiger partial charge in [-0.1, -0.05) is 212 Å². The molecule has 0 radical (unpaired) electrons. The van der Waals surface area contributed by atoms with Gasteiger partial charge < -0.3 is 20.3 Å². The number of unbranched alkanes of at least 4 members (excludes halogenated alkanes) is 31. The summed E-state index contributed by atoms with van der Waals surface area (Å²) in [7, 11) is 0. The van der Waals surface area contributed by atoms with E-state index in [0.717, 1.165) is 57.8 Å². The van der Waals surface area contributed by atoms with E-state index >= 15 is 0 Å². The van der Waals surface area contributed by atoms with E-state index in [1.54, 1.807) is 6.08 Å². The summed E-state index contributed by atoms with van der Waals surface area (Å²) in [4.78, 5) is 24.4. The SMILES string of the molecule is CCCC/C=C\CCCCCCCC(=O)OCCCCCCCCCCCCC(=O)NC(CO)C(O)/C=C/CCCCCCCCCCCCCCCCC. The first-order valence-corrected chi connectivity index (χ1v) is 24.1. The summed E-state index contributed by atoms with van der Waals surface area (Å²) in [6.45, 7) is 4.81. The minimum absolute atomic E-state index is 0.0322. The predicted molar refractivity (Wildman–Crippen MR) is 236 cm³/mol. The molecule has 2 unspecified atom stereocenters. The molecule has 6 heteroatoms. The van der Waals surface area contributed by atoms with Gasteiger partial charge in [0.05, 0.1) is 25.4 Å². The van der Waals surface area contributed by atoms with Crippen molar-refractivity contribution in [1.82, 2.24) is 5.32 Å². The molecule has 0 spiro atoms. The zero-order chi connectivity index (χ0) is 40.1. The molecule has 0 aliphatic heterocycles. The van der Waals surface area contributed by atoms with Gasteiger partial charge in [0.1, 0.15) is 0 Å². The van der Waals surface area contributed by atoms with Crippen LogP contribution < -0.4 is 5.32 Å². The van der Waals surface area contributed by atoms with Crippen molar-refractivity contribution in [2.45, 2.75) is 264 Å². The Labute approximate surface area is 341 Å². The molecule has 0 heterocycles. The predicted octanol–water partition coefficient (Wildman–Crippen LogP) is 14.0. The number of esters is 1. The van der Waals surface area contributed by atoms with Gasteiger partial charge in [0.2, 0.25) is 5.91 Å². The van der Waals surface area contributed by atoms with Crippen LogP contribution in [0.5, 0.6) is 0 Å². The van der Waals surface area contributed by atoms with Gasteiger partial charge in [-0.25, -0.2) is 0 Å². The largest absolute Gasteiger partial charge is 0.466 e. The highest BCUT2D eigenvalue weighted by Crippen LogP contribution is 2.15. The van der Waals surface area contributed by atoms with E-state index in [1.165, 1.54) is 167 Å². The van der Waals surface area contributed by atoms with Crippen molar-refractivity contribution in [3.63, 3.8) is 0 Å². The Hall–Kier alpha value is -1.66. The lowest BCUT2D eigenvalue weighted by Crippen LogP contribution is -2.45. The minimum atomic E-state index is -0.858. The minimum Gasteiger partial charge on any atom is -0.466 e. The van der Waals surface area contributed by atoms with Crippen molar-refractivity contribution in [3.8, 4) is 0 Å². The smallest absolute Gasteiger partial charge is 0.305 e. The molecule has 1 amide bonds. The fourth-order valence-corrected chi connectivity index (χ4v) is 7.20. The first-order valence-electron chi connectivity index (χ1n) is 24.1. The number of ether oxygens (including phenoxy) is 1. The summed E-state index contributed by atoms with van der Waals surface area (Å²) < 4.78 is 5.42. The molecule has 0 aromatic carbocycles. The molecule has 0 aromatic rings. The fraction of sp³-hybridized carbons (Fsp3) is 0.878. The standard InChI is InChI=1S/C49H93NO5/c1-3-5-7-9-11-13-15-16-17-18-19-20-22-25-29-33-37-41-47(52)46(45-51)50-48(53)42-38-34-30-26-23-24-28-32-36-40-44-55-49(54)43-39-35-31-27-21-14-12-10-8-6-4-2/h10,12,37,41,46-47,51-52H,3-9,11,13-36,38-40,42-45H2,1-2H3,(H,50,53)/b12-10-,41-37+. The van der Waals surface area contributed by atoms with Gasteiger partial charge in [0.15, 0.2) is 0 Å². The van der Waals surface area contributed by atoms with Crippen LogP contribution in [0.2, 0.25) is 0 Å². The third kappa shape index (κ3) is 41.8. The van der Waals surface area contributed by atoms with Crippen molar-refractivity contribution >= 4 is 11.9 Å². The molecule has 6 nitrogen and oxygen atoms in total. The number of aliphatic hydroxyl groups is 2. The van der Waals surface area contributed by atoms with E-state index in [1.807, 2.05) is 6.08 Å². The molecule has 0 saturated carbocycles. The monoisotopic (exact) mass is 776 g/mol. The number of nitrogens with one attached hydrogen (secondary N) is 1. The molecule has 0 fully saturated rings. The van der Waals surface area contributed by atoms with E-state index in [9.17, 15) is 19.8 Å². The molecule has 0 aromatic heterocycles. The van der Waals surface area contributed by atoms with E-state index in [0.29, 0.717) is 19.4 Å². The second-order valence-electron chi connectivity index (χ2n) is 16.4. The van der Waals surface area contributed by atoms with Crippen molar-refractivity contribution in [1.29, 1.82) is 0 Å². The Kier molecular flexibility index (Phi) is 43.7. The van der Waals surface area contributed by atoms with Crippen molar-refractivity contribution < 1.29 is 24.5 Å². The average Bonchev–Trinajstić information content (AvgIpc) is 3.18. The van der Waals surface area contributed by atoms with Gasteiger partial charge in [-0.2, -0.15) is 0 Å². The summed E-state index contributed by atoms with van der Waals surface area (Å²) >= 11 is 0. The third-order valence-electron chi connectivity index (χ3n) is 11.0. The highest BCUT2D eigenvalue weighted by Gasteiger charge is 2.18. The average molecular weight is 776 g/mol. The summed E-state index contributed by atoms with van der Waals surface area (Å²) in [5.41, 5.74) is 0. The van der Waals surface area contributed by atoms with E-state index < -0.39 is 12.1 Å². The van der Waals surface area contributed by atoms with Gasteiger partial charge in [-0.3, -0.25) is 9.59 Å². The summed E-state index contributed by atoms with van der Waals surface area (Å²) in [5.74, 6) is -0.123. The zero-order valence-corrected chi connectivity index (χ0v) is 36.7. The highest BCUT2D eigenvalue weighted by molar-refractivity contribution is 5.76. The fourth-order valence-electron chi connectivity index (χ4n) is 7.20. The maximum atomic E-state index is 12.4. The van der Waals surface area contributed by atoms with Gasteiger partial charge in [-0.15, -0.1) is 0 Å². The molecular weight excluding hydrogens is 683 g/mol. The van der Waals surface area contributed by atoms with Crippen LogP contribution in [-0.2, 0) is 14.3 Å². The van der Waals surface area contributed by atoms with Crippen LogP contribution in [0.1, 0.15) is 251 Å². The molecule has 2 atom stereocenters. The number of rotatable bonds is 44. The van der Waals surface area contributed by atoms with Crippen LogP contribution >= 0.6 is 0 Å². The normalized spacial score (nSPS) is 12.9. The molecule has 3 N–H and O–H groups in total. The van der Waals surface area contributed by atoms with Crippen LogP contribution in [0.15, 0.2) is 24.3 Å². The lowest BCUT2D eigenvalue weighted by molar-refractivity contribution is -0.143. The third-order valence-corrected chi connectivity index (χ3v) is 11.0. The summed E-state index contributed by atoms with van der Waals surface area (Å²) in [6.07, 6.45) is 51.6. The van der Waals surface area contributed by atoms with Crippen LogP contribution in [0.4, 0.5) is 0 Å². The van der Waals surface area contributed by atoms with Gasteiger partial charge in [-0.05, 0) is 51.4 Å². The number of aliphatic hydroxyl groups excluding tert-OH is 2. The number of allylic oxidation sites excluding steroid dienone is 3. The molecular formula is C49H93NO5. The maximum Gasteiger partial charge on any atom is 0.305 e. The van der Waals surface area contributed by atoms with Crippen LogP contribution in [0.25, 0.3) is 0 Å². The van der Waals surface area contributed by atoms with Crippen molar-refractivity contribution in [2.75, 3.05) is 13.2 Å². The Morgan fingerprint density at radius 2 is 0.873 bits per heavy atom. The van der Waals surface area contributed by atoms with E-state index in [4.69, 9.17) is 4.74 Å². The molecule has 55 heavy (non-hydrogen) atoms. The molecule has 0 aliphatic rings. The second-order valence-corrected chi connectivity index (χ2v) is 16.4. The Balaban J connectivity index is 3.55. The Morgan fingerprint density at radius 3 is 1.35 bits per heavy atom. The van der Waals surface area contributed by atoms with Gasteiger partial charge in [0.25, 0.3) is 0 Å². The quantitative estimate of drug-likeness (QED) is 0.0325. The number of carbonyl (C=O) groups excluding carboxylic acids is 2. The number of hydrogen-bond donors (Lipinski definition) is 3. The molecule has 0 bridgehead atoms. The van der Waals surface area contributed by atoms with Crippen LogP contribution in [0, 0.1) is 0 Å². The van der Waals surface area contributed by atoms with Crippen LogP contribution in [-0.4, -0.2) is 47.4 Å². The van der Waals surface area contributed by atoms with Gasteiger partial charge >= 0.3 is 5.97 Å². The first kappa shape index (κ1) is 53.3. The van der Waals surface area contributed by atoms with E-state index in [-0.39, 0.29) is 18.5 Å². The Morgan fingerprint density at radius 1 is 0.491 bits per heavy atom. The van der Waals surface area contributed by atoms with Crippen molar-refractivity contribution in [3.05, 3.63) is 24.3 Å². The second kappa shape index (κ2) is 45.0. The molecule has 0 aliphatic carbocycles. The molecule has 0 rings (SSSR count). The number of hydrogen-bond acceptors (Lipinski definition) is 5. The zero-order valence-electron chi connectivity index (χ0n) is 36.7. The maximum absolute atomic E-state index is 12.4. The van der Waals surface area contributed by atoms with Gasteiger partial charge in [0, 0.05) is 12.8 Å². The van der Waals surface area contributed by atoms with E-state index in [2.05, 4.69) is 31.3 Å². The highest BCUT2D eigenvalue weighted by atomic mass is 16.5. The first-order chi connectivity index (χ1) is 27.0. The summed E-state index contributed by atoms with van der Waals surface area (Å²) in [5, 5.41) is 23.0. The number of carbonyl (C=O) groups is 2. The molecule has 324 valence electrons. The number of amides is 1. The molecule has 0 saturated heterocycles. The Bertz CT molecular complexity index is 858. The topological polar surface area (TPSA) is 95.9 Å². The van der Waals surface area contributed by atoms with Crippen LogP contribution in [0.3, 0.4) is 0 Å².